The van der Waals surface area contributed by atoms with Gasteiger partial charge in [-0.15, -0.1) is 11.3 Å². The van der Waals surface area contributed by atoms with E-state index in [-0.39, 0.29) is 18.0 Å². The van der Waals surface area contributed by atoms with Gasteiger partial charge in [0.05, 0.1) is 21.8 Å². The lowest BCUT2D eigenvalue weighted by Gasteiger charge is -2.29. The van der Waals surface area contributed by atoms with Crippen LogP contribution >= 0.6 is 22.9 Å². The van der Waals surface area contributed by atoms with Gasteiger partial charge >= 0.3 is 0 Å². The molecule has 1 amide bonds. The zero-order valence-corrected chi connectivity index (χ0v) is 18.1. The molecule has 2 heterocycles. The van der Waals surface area contributed by atoms with E-state index in [1.54, 1.807) is 29.7 Å². The number of halogens is 1. The van der Waals surface area contributed by atoms with Gasteiger partial charge in [0.25, 0.3) is 0 Å². The minimum atomic E-state index is -0.370. The molecule has 0 aliphatic heterocycles. The van der Waals surface area contributed by atoms with Crippen molar-refractivity contribution >= 4 is 39.1 Å². The molecule has 0 saturated heterocycles. The van der Waals surface area contributed by atoms with Crippen molar-refractivity contribution in [2.45, 2.75) is 32.2 Å². The smallest absolute Gasteiger partial charge is 0.233 e. The largest absolute Gasteiger partial charge is 0.475 e. The Morgan fingerprint density at radius 3 is 2.86 bits per heavy atom. The van der Waals surface area contributed by atoms with Gasteiger partial charge in [-0.25, -0.2) is 9.97 Å². The highest BCUT2D eigenvalue weighted by Gasteiger charge is 2.24. The molecule has 6 nitrogen and oxygen atoms in total. The first-order chi connectivity index (χ1) is 14.0. The second-order valence-electron chi connectivity index (χ2n) is 7.02. The molecule has 1 atom stereocenters. The summed E-state index contributed by atoms with van der Waals surface area (Å²) >= 11 is 7.75. The highest BCUT2D eigenvalue weighted by atomic mass is 35.5. The molecule has 1 unspecified atom stereocenters. The Balaban J connectivity index is 1.42. The molecular weight excluding hydrogens is 408 g/mol. The SMILES string of the molecule is CCC(C)(COc1ncccc1Cl)NCC(=O)NCCc1nc2ccccc2s1. The van der Waals surface area contributed by atoms with Crippen LogP contribution in [0.4, 0.5) is 0 Å². The minimum Gasteiger partial charge on any atom is -0.475 e. The number of aromatic nitrogens is 2. The highest BCUT2D eigenvalue weighted by molar-refractivity contribution is 7.18. The van der Waals surface area contributed by atoms with Crippen LogP contribution in [0.25, 0.3) is 10.2 Å². The number of amides is 1. The quantitative estimate of drug-likeness (QED) is 0.509. The van der Waals surface area contributed by atoms with Gasteiger partial charge in [-0.3, -0.25) is 10.1 Å². The van der Waals surface area contributed by atoms with Crippen molar-refractivity contribution in [3.8, 4) is 5.88 Å². The summed E-state index contributed by atoms with van der Waals surface area (Å²) in [5.74, 6) is 0.345. The van der Waals surface area contributed by atoms with Gasteiger partial charge in [0.1, 0.15) is 11.6 Å². The monoisotopic (exact) mass is 432 g/mol. The number of hydrogen-bond donors (Lipinski definition) is 2. The van der Waals surface area contributed by atoms with Crippen LogP contribution in [0.5, 0.6) is 5.88 Å². The van der Waals surface area contributed by atoms with Crippen molar-refractivity contribution in [2.75, 3.05) is 19.7 Å². The molecule has 0 aliphatic carbocycles. The van der Waals surface area contributed by atoms with Crippen molar-refractivity contribution in [3.05, 3.63) is 52.6 Å². The van der Waals surface area contributed by atoms with E-state index in [2.05, 4.69) is 26.7 Å². The number of fused-ring (bicyclic) bond motifs is 1. The van der Waals surface area contributed by atoms with E-state index >= 15 is 0 Å². The lowest BCUT2D eigenvalue weighted by atomic mass is 10.0. The van der Waals surface area contributed by atoms with Crippen LogP contribution in [0, 0.1) is 0 Å². The first kappa shape index (κ1) is 21.5. The highest BCUT2D eigenvalue weighted by Crippen LogP contribution is 2.22. The summed E-state index contributed by atoms with van der Waals surface area (Å²) in [5.41, 5.74) is 0.637. The first-order valence-electron chi connectivity index (χ1n) is 9.58. The fourth-order valence-corrected chi connectivity index (χ4v) is 3.82. The number of benzene rings is 1. The molecule has 3 rings (SSSR count). The number of para-hydroxylation sites is 1. The summed E-state index contributed by atoms with van der Waals surface area (Å²) in [7, 11) is 0. The Hall–Kier alpha value is -2.22. The topological polar surface area (TPSA) is 76.1 Å². The summed E-state index contributed by atoms with van der Waals surface area (Å²) in [5, 5.41) is 7.73. The molecular formula is C21H25ClN4O2S. The van der Waals surface area contributed by atoms with Gasteiger partial charge in [-0.1, -0.05) is 30.7 Å². The van der Waals surface area contributed by atoms with Crippen molar-refractivity contribution < 1.29 is 9.53 Å². The van der Waals surface area contributed by atoms with Crippen LogP contribution in [-0.2, 0) is 11.2 Å². The van der Waals surface area contributed by atoms with Crippen LogP contribution in [0.2, 0.25) is 5.02 Å². The second kappa shape index (κ2) is 10.0. The van der Waals surface area contributed by atoms with E-state index < -0.39 is 0 Å². The maximum Gasteiger partial charge on any atom is 0.233 e. The molecule has 2 aromatic heterocycles. The summed E-state index contributed by atoms with van der Waals surface area (Å²) in [6.07, 6.45) is 3.14. The number of nitrogens with one attached hydrogen (secondary N) is 2. The average molecular weight is 433 g/mol. The molecule has 3 aromatic rings. The Bertz CT molecular complexity index is 932. The number of carbonyl (C=O) groups is 1. The number of rotatable bonds is 10. The van der Waals surface area contributed by atoms with Crippen LogP contribution in [0.15, 0.2) is 42.6 Å². The van der Waals surface area contributed by atoms with Crippen molar-refractivity contribution in [1.29, 1.82) is 0 Å². The molecule has 1 aromatic carbocycles. The molecule has 0 aliphatic rings. The maximum absolute atomic E-state index is 12.2. The fourth-order valence-electron chi connectivity index (χ4n) is 2.68. The first-order valence-corrected chi connectivity index (χ1v) is 10.8. The zero-order chi connectivity index (χ0) is 20.7. The summed E-state index contributed by atoms with van der Waals surface area (Å²) in [6.45, 7) is 5.19. The Morgan fingerprint density at radius 2 is 2.10 bits per heavy atom. The summed E-state index contributed by atoms with van der Waals surface area (Å²) in [4.78, 5) is 20.9. The van der Waals surface area contributed by atoms with Gasteiger partial charge in [0.15, 0.2) is 0 Å². The van der Waals surface area contributed by atoms with Crippen LogP contribution in [0.3, 0.4) is 0 Å². The molecule has 29 heavy (non-hydrogen) atoms. The zero-order valence-electron chi connectivity index (χ0n) is 16.6. The summed E-state index contributed by atoms with van der Waals surface area (Å²) in [6, 6.07) is 11.5. The molecule has 0 bridgehead atoms. The number of thiazole rings is 1. The van der Waals surface area contributed by atoms with Gasteiger partial charge in [-0.05, 0) is 37.6 Å². The predicted molar refractivity (Wildman–Crippen MR) is 118 cm³/mol. The Morgan fingerprint density at radius 1 is 1.28 bits per heavy atom. The molecule has 0 radical (unpaired) electrons. The van der Waals surface area contributed by atoms with E-state index in [1.807, 2.05) is 32.0 Å². The number of nitrogens with zero attached hydrogens (tertiary/aromatic N) is 2. The van der Waals surface area contributed by atoms with Crippen molar-refractivity contribution in [3.63, 3.8) is 0 Å². The van der Waals surface area contributed by atoms with Crippen molar-refractivity contribution in [1.82, 2.24) is 20.6 Å². The number of carbonyl (C=O) groups excluding carboxylic acids is 1. The van der Waals surface area contributed by atoms with E-state index in [0.29, 0.717) is 24.1 Å². The lowest BCUT2D eigenvalue weighted by molar-refractivity contribution is -0.120. The third kappa shape index (κ3) is 6.13. The molecule has 0 fully saturated rings. The maximum atomic E-state index is 12.2. The average Bonchev–Trinajstić information content (AvgIpc) is 3.14. The van der Waals surface area contributed by atoms with E-state index in [4.69, 9.17) is 16.3 Å². The number of ether oxygens (including phenoxy) is 1. The van der Waals surface area contributed by atoms with E-state index in [0.717, 1.165) is 23.4 Å². The number of hydrogen-bond acceptors (Lipinski definition) is 6. The van der Waals surface area contributed by atoms with Gasteiger partial charge < -0.3 is 10.1 Å². The van der Waals surface area contributed by atoms with Crippen LogP contribution < -0.4 is 15.4 Å². The number of pyridine rings is 1. The molecule has 0 saturated carbocycles. The Labute approximate surface area is 179 Å². The molecule has 154 valence electrons. The fraction of sp³-hybridized carbons (Fsp3) is 0.381. The van der Waals surface area contributed by atoms with Gasteiger partial charge in [0, 0.05) is 24.7 Å². The second-order valence-corrected chi connectivity index (χ2v) is 8.54. The van der Waals surface area contributed by atoms with E-state index in [9.17, 15) is 4.79 Å². The van der Waals surface area contributed by atoms with Crippen LogP contribution in [0.1, 0.15) is 25.3 Å². The minimum absolute atomic E-state index is 0.0540. The third-order valence-corrected chi connectivity index (χ3v) is 6.09. The standard InChI is InChI=1S/C21H25ClN4O2S/c1-3-21(2,14-28-20-15(22)7-6-11-24-20)25-13-18(27)23-12-10-19-26-16-8-4-5-9-17(16)29-19/h4-9,11,25H,3,10,12-14H2,1-2H3,(H,23,27). The van der Waals surface area contributed by atoms with E-state index in [1.165, 1.54) is 4.70 Å². The predicted octanol–water partition coefficient (Wildman–Crippen LogP) is 3.84. The molecule has 2 N–H and O–H groups in total. The van der Waals surface area contributed by atoms with Crippen molar-refractivity contribution in [2.24, 2.45) is 0 Å². The summed E-state index contributed by atoms with van der Waals surface area (Å²) < 4.78 is 6.92. The third-order valence-electron chi connectivity index (χ3n) is 4.71. The molecule has 8 heteroatoms. The van der Waals surface area contributed by atoms with Gasteiger partial charge in [0.2, 0.25) is 11.8 Å². The normalized spacial score (nSPS) is 13.2. The lowest BCUT2D eigenvalue weighted by Crippen LogP contribution is -2.50. The molecule has 0 spiro atoms. The Kier molecular flexibility index (Phi) is 7.41. The van der Waals surface area contributed by atoms with Gasteiger partial charge in [-0.2, -0.15) is 0 Å². The van der Waals surface area contributed by atoms with Crippen LogP contribution in [-0.4, -0.2) is 41.1 Å².